The first-order chi connectivity index (χ1) is 11.5. The Labute approximate surface area is 141 Å². The predicted molar refractivity (Wildman–Crippen MR) is 80.8 cm³/mol. The maximum Gasteiger partial charge on any atom is 0.240 e. The van der Waals surface area contributed by atoms with Gasteiger partial charge in [-0.2, -0.15) is 0 Å². The summed E-state index contributed by atoms with van der Waals surface area (Å²) in [5.74, 6) is -0.896. The van der Waals surface area contributed by atoms with Gasteiger partial charge in [0.15, 0.2) is 11.5 Å². The SMILES string of the molecule is N=C(c1nonc1Cn1nnnc1N)N(O)c1ccc(F)c(Br)c1. The third-order valence-electron chi connectivity index (χ3n) is 3.00. The summed E-state index contributed by atoms with van der Waals surface area (Å²) in [4.78, 5) is 0. The molecule has 124 valence electrons. The molecular formula is C11H9BrFN9O2. The summed E-state index contributed by atoms with van der Waals surface area (Å²) in [6.45, 7) is -0.0129. The van der Waals surface area contributed by atoms with Gasteiger partial charge >= 0.3 is 0 Å². The molecule has 0 fully saturated rings. The van der Waals surface area contributed by atoms with E-state index in [0.29, 0.717) is 5.06 Å². The second-order valence-electron chi connectivity index (χ2n) is 4.51. The van der Waals surface area contributed by atoms with E-state index < -0.39 is 11.7 Å². The lowest BCUT2D eigenvalue weighted by atomic mass is 10.2. The van der Waals surface area contributed by atoms with Gasteiger partial charge < -0.3 is 5.73 Å². The topological polar surface area (TPSA) is 156 Å². The van der Waals surface area contributed by atoms with Crippen LogP contribution in [0.5, 0.6) is 0 Å². The Hall–Kier alpha value is -2.93. The number of nitrogens with zero attached hydrogens (tertiary/aromatic N) is 7. The van der Waals surface area contributed by atoms with Gasteiger partial charge in [-0.3, -0.25) is 10.6 Å². The first-order valence-electron chi connectivity index (χ1n) is 6.33. The number of tetrazole rings is 1. The molecule has 0 spiro atoms. The highest BCUT2D eigenvalue weighted by atomic mass is 79.9. The van der Waals surface area contributed by atoms with Gasteiger partial charge in [-0.1, -0.05) is 10.3 Å². The van der Waals surface area contributed by atoms with Crippen molar-refractivity contribution in [3.8, 4) is 0 Å². The number of rotatable bonds is 4. The Morgan fingerprint density at radius 1 is 1.46 bits per heavy atom. The molecule has 0 atom stereocenters. The largest absolute Gasteiger partial charge is 0.367 e. The van der Waals surface area contributed by atoms with E-state index in [9.17, 15) is 9.60 Å². The van der Waals surface area contributed by atoms with E-state index in [2.05, 4.69) is 46.4 Å². The monoisotopic (exact) mass is 397 g/mol. The molecule has 11 nitrogen and oxygen atoms in total. The van der Waals surface area contributed by atoms with Crippen molar-refractivity contribution in [1.82, 2.24) is 30.5 Å². The van der Waals surface area contributed by atoms with Crippen LogP contribution in [0.1, 0.15) is 11.4 Å². The Bertz CT molecular complexity index is 895. The molecular weight excluding hydrogens is 389 g/mol. The van der Waals surface area contributed by atoms with Crippen LogP contribution < -0.4 is 10.8 Å². The van der Waals surface area contributed by atoms with Crippen molar-refractivity contribution in [3.05, 3.63) is 39.9 Å². The zero-order valence-electron chi connectivity index (χ0n) is 11.8. The highest BCUT2D eigenvalue weighted by Gasteiger charge is 2.22. The number of hydrogen-bond acceptors (Lipinski definition) is 9. The Morgan fingerprint density at radius 2 is 2.25 bits per heavy atom. The average Bonchev–Trinajstić information content (AvgIpc) is 3.19. The number of aromatic nitrogens is 6. The number of amidine groups is 1. The van der Waals surface area contributed by atoms with Gasteiger partial charge in [0, 0.05) is 0 Å². The molecule has 1 aromatic carbocycles. The van der Waals surface area contributed by atoms with E-state index >= 15 is 0 Å². The normalized spacial score (nSPS) is 10.8. The molecule has 2 aromatic heterocycles. The van der Waals surface area contributed by atoms with Gasteiger partial charge in [0.2, 0.25) is 5.95 Å². The van der Waals surface area contributed by atoms with E-state index in [1.165, 1.54) is 16.8 Å². The van der Waals surface area contributed by atoms with Crippen molar-refractivity contribution in [2.45, 2.75) is 6.54 Å². The van der Waals surface area contributed by atoms with Crippen LogP contribution >= 0.6 is 15.9 Å². The van der Waals surface area contributed by atoms with E-state index in [1.54, 1.807) is 0 Å². The Morgan fingerprint density at radius 3 is 2.92 bits per heavy atom. The van der Waals surface area contributed by atoms with E-state index in [1.807, 2.05) is 0 Å². The van der Waals surface area contributed by atoms with E-state index in [4.69, 9.17) is 11.1 Å². The fourth-order valence-corrected chi connectivity index (χ4v) is 2.17. The molecule has 3 rings (SSSR count). The summed E-state index contributed by atoms with van der Waals surface area (Å²) in [5, 5.41) is 36.5. The fourth-order valence-electron chi connectivity index (χ4n) is 1.80. The van der Waals surface area contributed by atoms with Crippen LogP contribution in [0.3, 0.4) is 0 Å². The second kappa shape index (κ2) is 6.29. The summed E-state index contributed by atoms with van der Waals surface area (Å²) >= 11 is 3.01. The smallest absolute Gasteiger partial charge is 0.240 e. The van der Waals surface area contributed by atoms with Crippen LogP contribution in [0.15, 0.2) is 27.3 Å². The number of nitrogen functional groups attached to an aromatic ring is 1. The van der Waals surface area contributed by atoms with Gasteiger partial charge in [0.1, 0.15) is 11.5 Å². The van der Waals surface area contributed by atoms with Crippen molar-refractivity contribution in [2.75, 3.05) is 10.8 Å². The molecule has 3 aromatic rings. The zero-order chi connectivity index (χ0) is 17.3. The third-order valence-corrected chi connectivity index (χ3v) is 3.61. The molecule has 0 aliphatic carbocycles. The molecule has 0 unspecified atom stereocenters. The van der Waals surface area contributed by atoms with Crippen molar-refractivity contribution in [3.63, 3.8) is 0 Å². The van der Waals surface area contributed by atoms with Gasteiger partial charge in [0.05, 0.1) is 16.7 Å². The molecule has 13 heteroatoms. The molecule has 4 N–H and O–H groups in total. The van der Waals surface area contributed by atoms with Crippen molar-refractivity contribution < 1.29 is 14.2 Å². The zero-order valence-corrected chi connectivity index (χ0v) is 13.3. The molecule has 2 heterocycles. The lowest BCUT2D eigenvalue weighted by Gasteiger charge is -2.16. The number of halogens is 2. The first-order valence-corrected chi connectivity index (χ1v) is 7.12. The summed E-state index contributed by atoms with van der Waals surface area (Å²) < 4.78 is 19.2. The summed E-state index contributed by atoms with van der Waals surface area (Å²) in [6.07, 6.45) is 0. The summed E-state index contributed by atoms with van der Waals surface area (Å²) in [6, 6.07) is 3.73. The highest BCUT2D eigenvalue weighted by molar-refractivity contribution is 9.10. The lowest BCUT2D eigenvalue weighted by molar-refractivity contribution is 0.297. The summed E-state index contributed by atoms with van der Waals surface area (Å²) in [7, 11) is 0. The standard InChI is InChI=1S/C11H9BrFN9O2/c12-6-3-5(1-2-7(6)13)22(23)10(14)9-8(17-24-18-9)4-21-11(15)16-19-20-21/h1-3,14,23H,4H2,(H2,15,16,20). The van der Waals surface area contributed by atoms with Crippen LogP contribution in [-0.2, 0) is 6.54 Å². The average molecular weight is 398 g/mol. The molecule has 0 saturated heterocycles. The van der Waals surface area contributed by atoms with Crippen LogP contribution in [0.25, 0.3) is 0 Å². The number of hydrogen-bond donors (Lipinski definition) is 3. The van der Waals surface area contributed by atoms with Crippen LogP contribution in [0.4, 0.5) is 16.0 Å². The van der Waals surface area contributed by atoms with Crippen molar-refractivity contribution >= 4 is 33.4 Å². The van der Waals surface area contributed by atoms with Crippen LogP contribution in [0.2, 0.25) is 0 Å². The third kappa shape index (κ3) is 2.93. The van der Waals surface area contributed by atoms with Gasteiger partial charge in [-0.25, -0.2) is 18.8 Å². The number of nitrogens with one attached hydrogen (secondary N) is 1. The molecule has 0 amide bonds. The van der Waals surface area contributed by atoms with E-state index in [0.717, 1.165) is 6.07 Å². The molecule has 0 radical (unpaired) electrons. The quantitative estimate of drug-likeness (QED) is 0.329. The molecule has 0 saturated carbocycles. The van der Waals surface area contributed by atoms with Gasteiger partial charge in [0.25, 0.3) is 0 Å². The second-order valence-corrected chi connectivity index (χ2v) is 5.37. The highest BCUT2D eigenvalue weighted by Crippen LogP contribution is 2.23. The maximum atomic E-state index is 13.3. The first kappa shape index (κ1) is 15.9. The predicted octanol–water partition coefficient (Wildman–Crippen LogP) is 0.809. The minimum Gasteiger partial charge on any atom is -0.367 e. The minimum absolute atomic E-state index is 0.0129. The maximum absolute atomic E-state index is 13.3. The van der Waals surface area contributed by atoms with Crippen molar-refractivity contribution in [1.29, 1.82) is 5.41 Å². The number of nitrogens with two attached hydrogens (primary N) is 1. The van der Waals surface area contributed by atoms with Gasteiger partial charge in [-0.15, -0.1) is 0 Å². The van der Waals surface area contributed by atoms with Crippen LogP contribution in [-0.4, -0.2) is 41.6 Å². The number of hydroxylamine groups is 1. The lowest BCUT2D eigenvalue weighted by Crippen LogP contribution is -2.28. The molecule has 0 bridgehead atoms. The molecule has 0 aliphatic rings. The Balaban J connectivity index is 1.86. The van der Waals surface area contributed by atoms with Crippen LogP contribution in [0, 0.1) is 11.2 Å². The molecule has 0 aliphatic heterocycles. The van der Waals surface area contributed by atoms with Gasteiger partial charge in [-0.05, 0) is 49.7 Å². The number of anilines is 2. The van der Waals surface area contributed by atoms with E-state index in [-0.39, 0.29) is 34.0 Å². The Kier molecular flexibility index (Phi) is 4.18. The minimum atomic E-state index is -0.503. The number of benzene rings is 1. The molecule has 24 heavy (non-hydrogen) atoms. The summed E-state index contributed by atoms with van der Waals surface area (Å²) in [5.41, 5.74) is 5.83. The van der Waals surface area contributed by atoms with Crippen molar-refractivity contribution in [2.24, 2.45) is 0 Å². The fraction of sp³-hybridized carbons (Fsp3) is 0.0909.